The molecule has 0 heterocycles. The zero-order valence-electron chi connectivity index (χ0n) is 13.9. The molecule has 0 amide bonds. The summed E-state index contributed by atoms with van der Waals surface area (Å²) in [4.78, 5) is 0.294. The van der Waals surface area contributed by atoms with Crippen LogP contribution in [0.1, 0.15) is 30.5 Å². The van der Waals surface area contributed by atoms with E-state index >= 15 is 0 Å². The van der Waals surface area contributed by atoms with Crippen LogP contribution in [0.4, 0.5) is 0 Å². The summed E-state index contributed by atoms with van der Waals surface area (Å²) in [7, 11) is -3.28. The van der Waals surface area contributed by atoms with Gasteiger partial charge in [0.15, 0.2) is 9.84 Å². The Hall–Kier alpha value is -1.40. The number of benzene rings is 1. The van der Waals surface area contributed by atoms with E-state index in [4.69, 9.17) is 17.4 Å². The van der Waals surface area contributed by atoms with E-state index in [0.29, 0.717) is 22.0 Å². The molecule has 0 aromatic heterocycles. The molecule has 0 saturated heterocycles. The van der Waals surface area contributed by atoms with Gasteiger partial charge < -0.3 is 0 Å². The molecular formula is C17H23ClN2O2S. The second-order valence-electron chi connectivity index (χ2n) is 5.61. The first kappa shape index (κ1) is 19.6. The largest absolute Gasteiger partial charge is 0.271 e. The fourth-order valence-electron chi connectivity index (χ4n) is 2.29. The molecule has 0 aliphatic heterocycles. The van der Waals surface area contributed by atoms with Gasteiger partial charge in [-0.3, -0.25) is 11.3 Å². The average molecular weight is 355 g/mol. The molecule has 23 heavy (non-hydrogen) atoms. The van der Waals surface area contributed by atoms with Gasteiger partial charge in [-0.2, -0.15) is 0 Å². The van der Waals surface area contributed by atoms with E-state index in [1.165, 1.54) is 6.26 Å². The van der Waals surface area contributed by atoms with Crippen molar-refractivity contribution in [2.45, 2.75) is 27.3 Å². The number of nitrogens with one attached hydrogen (secondary N) is 1. The van der Waals surface area contributed by atoms with Crippen molar-refractivity contribution in [2.24, 2.45) is 5.84 Å². The number of sulfone groups is 1. The Labute approximate surface area is 143 Å². The third-order valence-corrected chi connectivity index (χ3v) is 5.01. The van der Waals surface area contributed by atoms with Crippen molar-refractivity contribution in [3.63, 3.8) is 0 Å². The van der Waals surface area contributed by atoms with Gasteiger partial charge in [0.1, 0.15) is 0 Å². The van der Waals surface area contributed by atoms with Gasteiger partial charge in [-0.05, 0) is 61.2 Å². The SMILES string of the molecule is C=C(/C=C\C(=C(C)C)S(C)(=O)=O)c1cc(Cl)cc(CNN)c1C. The van der Waals surface area contributed by atoms with Gasteiger partial charge in [0.05, 0.1) is 4.91 Å². The Morgan fingerprint density at radius 1 is 1.35 bits per heavy atom. The minimum Gasteiger partial charge on any atom is -0.271 e. The van der Waals surface area contributed by atoms with E-state index in [9.17, 15) is 8.42 Å². The predicted molar refractivity (Wildman–Crippen MR) is 98.6 cm³/mol. The van der Waals surface area contributed by atoms with Crippen LogP contribution in [0.25, 0.3) is 5.57 Å². The van der Waals surface area contributed by atoms with Crippen LogP contribution in [0.3, 0.4) is 0 Å². The lowest BCUT2D eigenvalue weighted by Crippen LogP contribution is -2.21. The van der Waals surface area contributed by atoms with Crippen molar-refractivity contribution in [2.75, 3.05) is 6.26 Å². The number of hydrogen-bond acceptors (Lipinski definition) is 4. The van der Waals surface area contributed by atoms with E-state index in [2.05, 4.69) is 12.0 Å². The van der Waals surface area contributed by atoms with Crippen LogP contribution in [-0.2, 0) is 16.4 Å². The molecule has 1 aromatic rings. The first-order valence-corrected chi connectivity index (χ1v) is 9.32. The van der Waals surface area contributed by atoms with Gasteiger partial charge in [-0.15, -0.1) is 0 Å². The quantitative estimate of drug-likeness (QED) is 0.465. The number of nitrogens with two attached hydrogens (primary N) is 1. The van der Waals surface area contributed by atoms with Crippen molar-refractivity contribution < 1.29 is 8.42 Å². The van der Waals surface area contributed by atoms with Crippen LogP contribution in [0.2, 0.25) is 5.02 Å². The minimum atomic E-state index is -3.28. The molecule has 6 heteroatoms. The first-order chi connectivity index (χ1) is 10.6. The van der Waals surface area contributed by atoms with Crippen molar-refractivity contribution >= 4 is 27.0 Å². The van der Waals surface area contributed by atoms with Gasteiger partial charge in [0.2, 0.25) is 0 Å². The molecule has 1 aromatic carbocycles. The molecule has 3 N–H and O–H groups in total. The Morgan fingerprint density at radius 2 is 1.96 bits per heavy atom. The van der Waals surface area contributed by atoms with Gasteiger partial charge in [-0.1, -0.05) is 29.8 Å². The lowest BCUT2D eigenvalue weighted by atomic mass is 9.96. The number of allylic oxidation sites excluding steroid dienone is 4. The Morgan fingerprint density at radius 3 is 2.43 bits per heavy atom. The summed E-state index contributed by atoms with van der Waals surface area (Å²) in [5.74, 6) is 5.38. The molecule has 0 aliphatic rings. The number of rotatable bonds is 6. The highest BCUT2D eigenvalue weighted by Crippen LogP contribution is 2.27. The number of hydrogen-bond donors (Lipinski definition) is 2. The maximum Gasteiger partial charge on any atom is 0.175 e. The van der Waals surface area contributed by atoms with Crippen LogP contribution in [-0.4, -0.2) is 14.7 Å². The van der Waals surface area contributed by atoms with Crippen LogP contribution in [0.5, 0.6) is 0 Å². The van der Waals surface area contributed by atoms with Crippen molar-refractivity contribution in [3.8, 4) is 0 Å². The smallest absolute Gasteiger partial charge is 0.175 e. The summed E-state index contributed by atoms with van der Waals surface area (Å²) in [6, 6.07) is 3.65. The van der Waals surface area contributed by atoms with E-state index in [0.717, 1.165) is 22.3 Å². The van der Waals surface area contributed by atoms with E-state index in [-0.39, 0.29) is 0 Å². The zero-order valence-corrected chi connectivity index (χ0v) is 15.5. The summed E-state index contributed by atoms with van der Waals surface area (Å²) in [6.45, 7) is 9.99. The Bertz CT molecular complexity index is 774. The summed E-state index contributed by atoms with van der Waals surface area (Å²) in [5.41, 5.74) is 6.85. The van der Waals surface area contributed by atoms with Crippen LogP contribution in [0, 0.1) is 6.92 Å². The highest BCUT2D eigenvalue weighted by atomic mass is 35.5. The molecule has 0 aliphatic carbocycles. The monoisotopic (exact) mass is 354 g/mol. The highest BCUT2D eigenvalue weighted by Gasteiger charge is 2.11. The van der Waals surface area contributed by atoms with Gasteiger partial charge in [0.25, 0.3) is 0 Å². The van der Waals surface area contributed by atoms with Crippen molar-refractivity contribution in [3.05, 3.63) is 63.1 Å². The standard InChI is InChI=1S/C17H23ClN2O2S/c1-11(2)17(23(5,21)22)7-6-12(3)16-9-15(18)8-14(10-20-19)13(16)4/h6-9,20H,3,10,19H2,1-2,4-5H3/b7-6-. The molecule has 0 spiro atoms. The van der Waals surface area contributed by atoms with E-state index < -0.39 is 9.84 Å². The number of hydrazine groups is 1. The molecule has 0 unspecified atom stereocenters. The van der Waals surface area contributed by atoms with Gasteiger partial charge >= 0.3 is 0 Å². The maximum absolute atomic E-state index is 11.8. The van der Waals surface area contributed by atoms with Gasteiger partial charge in [-0.25, -0.2) is 8.42 Å². The van der Waals surface area contributed by atoms with Crippen molar-refractivity contribution in [1.82, 2.24) is 5.43 Å². The first-order valence-electron chi connectivity index (χ1n) is 7.05. The molecule has 0 radical (unpaired) electrons. The molecule has 0 bridgehead atoms. The molecule has 4 nitrogen and oxygen atoms in total. The lowest BCUT2D eigenvalue weighted by Gasteiger charge is -2.13. The van der Waals surface area contributed by atoms with Gasteiger partial charge in [0, 0.05) is 17.8 Å². The molecule has 0 saturated carbocycles. The topological polar surface area (TPSA) is 72.2 Å². The van der Waals surface area contributed by atoms with Crippen LogP contribution in [0.15, 0.2) is 41.3 Å². The van der Waals surface area contributed by atoms with Crippen molar-refractivity contribution in [1.29, 1.82) is 0 Å². The summed E-state index contributed by atoms with van der Waals surface area (Å²) >= 11 is 6.15. The van der Waals surface area contributed by atoms with Crippen LogP contribution >= 0.6 is 11.6 Å². The van der Waals surface area contributed by atoms with Crippen LogP contribution < -0.4 is 11.3 Å². The number of halogens is 1. The zero-order chi connectivity index (χ0) is 17.8. The lowest BCUT2D eigenvalue weighted by molar-refractivity contribution is 0.608. The average Bonchev–Trinajstić information content (AvgIpc) is 2.40. The third kappa shape index (κ3) is 5.32. The molecule has 0 atom stereocenters. The second-order valence-corrected chi connectivity index (χ2v) is 8.03. The third-order valence-electron chi connectivity index (χ3n) is 3.45. The minimum absolute atomic E-state index is 0.294. The molecule has 1 rings (SSSR count). The summed E-state index contributed by atoms with van der Waals surface area (Å²) < 4.78 is 23.6. The summed E-state index contributed by atoms with van der Waals surface area (Å²) in [6.07, 6.45) is 4.47. The Kier molecular flexibility index (Phi) is 6.77. The van der Waals surface area contributed by atoms with E-state index in [1.807, 2.05) is 19.1 Å². The molecule has 0 fully saturated rings. The highest BCUT2D eigenvalue weighted by molar-refractivity contribution is 7.94. The Balaban J connectivity index is 3.26. The second kappa shape index (κ2) is 7.93. The van der Waals surface area contributed by atoms with E-state index in [1.54, 1.807) is 26.0 Å². The molecule has 126 valence electrons. The predicted octanol–water partition coefficient (Wildman–Crippen LogP) is 3.52. The fraction of sp³-hybridized carbons (Fsp3) is 0.294. The molecular weight excluding hydrogens is 332 g/mol. The summed E-state index contributed by atoms with van der Waals surface area (Å²) in [5, 5.41) is 0.580. The fourth-order valence-corrected chi connectivity index (χ4v) is 3.59. The normalized spacial score (nSPS) is 11.7. The maximum atomic E-state index is 11.8.